The first-order valence-corrected chi connectivity index (χ1v) is 19.6. The lowest BCUT2D eigenvalue weighted by molar-refractivity contribution is -0.156. The van der Waals surface area contributed by atoms with Crippen LogP contribution >= 0.6 is 0 Å². The fourth-order valence-corrected chi connectivity index (χ4v) is 6.15. The van der Waals surface area contributed by atoms with Gasteiger partial charge < -0.3 is 9.47 Å². The van der Waals surface area contributed by atoms with Gasteiger partial charge in [0.1, 0.15) is 12.7 Å². The molecule has 1 radical (unpaired) electrons. The maximum atomic E-state index is 12.2. The molecule has 1 atom stereocenters. The smallest absolute Gasteiger partial charge is 0.306 e. The van der Waals surface area contributed by atoms with Gasteiger partial charge in [-0.15, -0.1) is 0 Å². The summed E-state index contributed by atoms with van der Waals surface area (Å²) in [7, 11) is 0. The Morgan fingerprint density at radius 2 is 0.844 bits per heavy atom. The van der Waals surface area contributed by atoms with Crippen LogP contribution in [0.1, 0.15) is 213 Å². The largest absolute Gasteiger partial charge is 0.462 e. The fraction of sp³-hybridized carbons (Fsp3) is 0.923. The van der Waals surface area contributed by atoms with Crippen molar-refractivity contribution in [1.82, 2.24) is 0 Å². The Kier molecular flexibility index (Phi) is 27.6. The van der Waals surface area contributed by atoms with Crippen LogP contribution in [-0.2, 0) is 19.1 Å². The van der Waals surface area contributed by atoms with Crippen LogP contribution in [0.15, 0.2) is 10.2 Å². The molecule has 1 unspecified atom stereocenters. The summed E-state index contributed by atoms with van der Waals surface area (Å²) in [5, 5.41) is 8.66. The predicted octanol–water partition coefficient (Wildman–Crippen LogP) is 12.6. The number of hydrogen-bond donors (Lipinski definition) is 0. The van der Waals surface area contributed by atoms with E-state index in [1.807, 2.05) is 0 Å². The highest BCUT2D eigenvalue weighted by molar-refractivity contribution is 5.70. The van der Waals surface area contributed by atoms with Crippen LogP contribution in [-0.4, -0.2) is 30.3 Å². The third-order valence-electron chi connectivity index (χ3n) is 9.23. The molecule has 0 aliphatic carbocycles. The minimum atomic E-state index is -0.654. The standard InChI is InChI=1S/C39H73N2O4/c1-4-6-8-10-12-14-16-17-18-19-20-21-23-25-27-31-37(42)44-35-36(3)45-38(43)32-28-30-34-39(40-41-39)33-29-26-24-22-15-13-11-9-7-5-2/h36H,3-35H2,1-2H3. The van der Waals surface area contributed by atoms with Crippen LogP contribution in [0, 0.1) is 6.92 Å². The Bertz CT molecular complexity index is 720. The Morgan fingerprint density at radius 3 is 1.27 bits per heavy atom. The topological polar surface area (TPSA) is 77.3 Å². The highest BCUT2D eigenvalue weighted by Crippen LogP contribution is 2.38. The minimum absolute atomic E-state index is 0.0308. The summed E-state index contributed by atoms with van der Waals surface area (Å²) in [6, 6.07) is 0. The zero-order valence-electron chi connectivity index (χ0n) is 29.9. The molecule has 0 aromatic rings. The van der Waals surface area contributed by atoms with Crippen molar-refractivity contribution in [3.8, 4) is 0 Å². The molecule has 0 saturated heterocycles. The van der Waals surface area contributed by atoms with Crippen molar-refractivity contribution in [3.63, 3.8) is 0 Å². The zero-order valence-corrected chi connectivity index (χ0v) is 29.9. The molecule has 0 amide bonds. The summed E-state index contributed by atoms with van der Waals surface area (Å²) in [6.07, 6.45) is 36.7. The minimum Gasteiger partial charge on any atom is -0.462 e. The number of carbonyl (C=O) groups is 2. The quantitative estimate of drug-likeness (QED) is 0.0514. The molecule has 0 aromatic heterocycles. The van der Waals surface area contributed by atoms with E-state index in [1.165, 1.54) is 148 Å². The molecule has 0 N–H and O–H groups in total. The summed E-state index contributed by atoms with van der Waals surface area (Å²) in [5.41, 5.74) is -0.167. The number of esters is 2. The van der Waals surface area contributed by atoms with Crippen LogP contribution in [0.5, 0.6) is 0 Å². The van der Waals surface area contributed by atoms with E-state index in [0.29, 0.717) is 12.8 Å². The van der Waals surface area contributed by atoms with Crippen LogP contribution in [0.3, 0.4) is 0 Å². The molecule has 0 spiro atoms. The van der Waals surface area contributed by atoms with E-state index < -0.39 is 6.10 Å². The number of rotatable bonds is 35. The van der Waals surface area contributed by atoms with E-state index in [2.05, 4.69) is 31.0 Å². The van der Waals surface area contributed by atoms with Crippen molar-refractivity contribution in [2.75, 3.05) is 6.61 Å². The van der Waals surface area contributed by atoms with E-state index >= 15 is 0 Å². The predicted molar refractivity (Wildman–Crippen MR) is 188 cm³/mol. The Hall–Kier alpha value is -1.46. The van der Waals surface area contributed by atoms with Gasteiger partial charge in [0.15, 0.2) is 5.66 Å². The van der Waals surface area contributed by atoms with Crippen molar-refractivity contribution in [2.45, 2.75) is 225 Å². The first-order chi connectivity index (χ1) is 22.0. The van der Waals surface area contributed by atoms with Gasteiger partial charge in [-0.25, -0.2) is 0 Å². The summed E-state index contributed by atoms with van der Waals surface area (Å²) in [4.78, 5) is 24.2. The second-order valence-electron chi connectivity index (χ2n) is 13.8. The van der Waals surface area contributed by atoms with Crippen molar-refractivity contribution < 1.29 is 19.1 Å². The van der Waals surface area contributed by atoms with Gasteiger partial charge in [0, 0.05) is 12.8 Å². The Balaban J connectivity index is 1.87. The van der Waals surface area contributed by atoms with E-state index in [0.717, 1.165) is 38.5 Å². The molecule has 263 valence electrons. The highest BCUT2D eigenvalue weighted by Gasteiger charge is 2.38. The van der Waals surface area contributed by atoms with E-state index in [4.69, 9.17) is 9.47 Å². The summed E-state index contributed by atoms with van der Waals surface area (Å²) >= 11 is 0. The molecular formula is C39H73N2O4. The molecule has 1 rings (SSSR count). The molecular weight excluding hydrogens is 560 g/mol. The number of nitrogens with zero attached hydrogens (tertiary/aromatic N) is 2. The fourth-order valence-electron chi connectivity index (χ4n) is 6.15. The third kappa shape index (κ3) is 27.4. The lowest BCUT2D eigenvalue weighted by Gasteiger charge is -2.14. The van der Waals surface area contributed by atoms with Gasteiger partial charge in [-0.05, 0) is 45.4 Å². The SMILES string of the molecule is [CH2]C(COC(=O)CCCCCCCCCCCCCCCCC)OC(=O)CCCCC1(CCCCCCCCCCCC)N=N1. The molecule has 1 aliphatic heterocycles. The van der Waals surface area contributed by atoms with Crippen LogP contribution < -0.4 is 0 Å². The molecule has 0 bridgehead atoms. The maximum absolute atomic E-state index is 12.2. The van der Waals surface area contributed by atoms with Crippen molar-refractivity contribution >= 4 is 11.9 Å². The third-order valence-corrected chi connectivity index (χ3v) is 9.23. The van der Waals surface area contributed by atoms with Crippen LogP contribution in [0.4, 0.5) is 0 Å². The van der Waals surface area contributed by atoms with Crippen molar-refractivity contribution in [3.05, 3.63) is 6.92 Å². The summed E-state index contributed by atoms with van der Waals surface area (Å²) in [6.45, 7) is 8.40. The molecule has 0 fully saturated rings. The maximum Gasteiger partial charge on any atom is 0.306 e. The van der Waals surface area contributed by atoms with Crippen molar-refractivity contribution in [1.29, 1.82) is 0 Å². The molecule has 1 aliphatic rings. The van der Waals surface area contributed by atoms with Crippen LogP contribution in [0.25, 0.3) is 0 Å². The van der Waals surface area contributed by atoms with Gasteiger partial charge in [0.2, 0.25) is 0 Å². The average Bonchev–Trinajstić information content (AvgIpc) is 3.80. The molecule has 6 nitrogen and oxygen atoms in total. The second-order valence-corrected chi connectivity index (χ2v) is 13.8. The lowest BCUT2D eigenvalue weighted by Crippen LogP contribution is -2.22. The Morgan fingerprint density at radius 1 is 0.511 bits per heavy atom. The average molecular weight is 634 g/mol. The number of unbranched alkanes of at least 4 members (excludes halogenated alkanes) is 24. The summed E-state index contributed by atoms with van der Waals surface area (Å²) < 4.78 is 10.6. The van der Waals surface area contributed by atoms with Crippen LogP contribution in [0.2, 0.25) is 0 Å². The molecule has 45 heavy (non-hydrogen) atoms. The summed E-state index contributed by atoms with van der Waals surface area (Å²) in [5.74, 6) is -0.499. The lowest BCUT2D eigenvalue weighted by atomic mass is 9.98. The van der Waals surface area contributed by atoms with Gasteiger partial charge in [0.25, 0.3) is 0 Å². The molecule has 6 heteroatoms. The number of hydrogen-bond acceptors (Lipinski definition) is 6. The van der Waals surface area contributed by atoms with E-state index in [9.17, 15) is 9.59 Å². The first-order valence-electron chi connectivity index (χ1n) is 19.6. The van der Waals surface area contributed by atoms with Gasteiger partial charge in [-0.2, -0.15) is 10.2 Å². The number of carbonyl (C=O) groups excluding carboxylic acids is 2. The first kappa shape index (κ1) is 41.6. The van der Waals surface area contributed by atoms with Gasteiger partial charge >= 0.3 is 11.9 Å². The van der Waals surface area contributed by atoms with Gasteiger partial charge in [-0.1, -0.05) is 162 Å². The number of ether oxygens (including phenoxy) is 2. The van der Waals surface area contributed by atoms with E-state index in [-0.39, 0.29) is 24.2 Å². The molecule has 0 aromatic carbocycles. The monoisotopic (exact) mass is 634 g/mol. The molecule has 0 saturated carbocycles. The van der Waals surface area contributed by atoms with Crippen molar-refractivity contribution in [2.24, 2.45) is 10.2 Å². The zero-order chi connectivity index (χ0) is 32.7. The highest BCUT2D eigenvalue weighted by atomic mass is 16.6. The van der Waals surface area contributed by atoms with E-state index in [1.54, 1.807) is 0 Å². The van der Waals surface area contributed by atoms with Gasteiger partial charge in [-0.3, -0.25) is 9.59 Å². The molecule has 1 heterocycles. The second kappa shape index (κ2) is 29.9. The Labute approximate surface area is 279 Å². The van der Waals surface area contributed by atoms with Gasteiger partial charge in [0.05, 0.1) is 0 Å². The normalized spacial score (nSPS) is 14.0.